The summed E-state index contributed by atoms with van der Waals surface area (Å²) in [4.78, 5) is 22.7. The van der Waals surface area contributed by atoms with Gasteiger partial charge in [-0.05, 0) is 43.2 Å². The van der Waals surface area contributed by atoms with Crippen LogP contribution in [0.15, 0.2) is 53.6 Å². The van der Waals surface area contributed by atoms with Crippen molar-refractivity contribution in [1.29, 1.82) is 0 Å². The molecule has 0 amide bonds. The number of allylic oxidation sites excluding steroid dienone is 4. The van der Waals surface area contributed by atoms with Gasteiger partial charge in [0.25, 0.3) is 0 Å². The number of Topliss-reactive ketones (excluding diaryl/α,β-unsaturated/α-hetero) is 2. The minimum Gasteiger partial charge on any atom is -0.299 e. The van der Waals surface area contributed by atoms with Crippen molar-refractivity contribution in [2.45, 2.75) is 66.2 Å². The molecule has 0 spiro atoms. The predicted molar refractivity (Wildman–Crippen MR) is 106 cm³/mol. The van der Waals surface area contributed by atoms with Crippen LogP contribution in [0, 0.1) is 5.92 Å². The molecule has 0 saturated carbocycles. The zero-order chi connectivity index (χ0) is 18.7. The quantitative estimate of drug-likeness (QED) is 0.582. The topological polar surface area (TPSA) is 34.1 Å². The summed E-state index contributed by atoms with van der Waals surface area (Å²) in [5, 5.41) is 0. The number of hydrogen-bond donors (Lipinski definition) is 0. The van der Waals surface area contributed by atoms with E-state index in [2.05, 4.69) is 39.8 Å². The van der Waals surface area contributed by atoms with Gasteiger partial charge in [0.1, 0.15) is 5.78 Å². The van der Waals surface area contributed by atoms with Crippen LogP contribution in [0.5, 0.6) is 0 Å². The molecule has 0 fully saturated rings. The minimum absolute atomic E-state index is 0.334. The standard InChI is InChI=1S/C12H16O.C11H16O/c1-10(2)8-12(13)9-11-6-4-3-5-7-11;1-3-4-5-6-10-9(2)7-8-11(10)12/h3-7,10H,8-9H2,1-2H3;4-5H,3,6-8H2,1-2H3. The Morgan fingerprint density at radius 2 is 1.80 bits per heavy atom. The molecular weight excluding hydrogens is 308 g/mol. The van der Waals surface area contributed by atoms with Crippen molar-refractivity contribution in [3.63, 3.8) is 0 Å². The second-order valence-corrected chi connectivity index (χ2v) is 7.06. The van der Waals surface area contributed by atoms with Crippen molar-refractivity contribution in [3.05, 3.63) is 59.2 Å². The van der Waals surface area contributed by atoms with Gasteiger partial charge in [0, 0.05) is 19.3 Å². The molecule has 2 heteroatoms. The molecule has 0 atom stereocenters. The van der Waals surface area contributed by atoms with Crippen molar-refractivity contribution >= 4 is 11.6 Å². The highest BCUT2D eigenvalue weighted by Gasteiger charge is 2.17. The van der Waals surface area contributed by atoms with E-state index in [0.717, 1.165) is 36.8 Å². The molecule has 0 radical (unpaired) electrons. The van der Waals surface area contributed by atoms with Crippen LogP contribution in [0.25, 0.3) is 0 Å². The van der Waals surface area contributed by atoms with Crippen LogP contribution in [0.4, 0.5) is 0 Å². The second kappa shape index (κ2) is 11.6. The van der Waals surface area contributed by atoms with Crippen LogP contribution in [0.2, 0.25) is 0 Å². The van der Waals surface area contributed by atoms with Crippen molar-refractivity contribution in [2.24, 2.45) is 5.92 Å². The van der Waals surface area contributed by atoms with E-state index in [0.29, 0.717) is 30.3 Å². The fourth-order valence-electron chi connectivity index (χ4n) is 2.85. The lowest BCUT2D eigenvalue weighted by atomic mass is 10.0. The molecule has 1 aromatic rings. The average molecular weight is 341 g/mol. The molecule has 0 unspecified atom stereocenters. The lowest BCUT2D eigenvalue weighted by molar-refractivity contribution is -0.119. The predicted octanol–water partition coefficient (Wildman–Crippen LogP) is 5.87. The van der Waals surface area contributed by atoms with Crippen LogP contribution in [0.1, 0.15) is 65.4 Å². The summed E-state index contributed by atoms with van der Waals surface area (Å²) in [7, 11) is 0. The van der Waals surface area contributed by atoms with Gasteiger partial charge in [0.05, 0.1) is 0 Å². The maximum atomic E-state index is 11.4. The van der Waals surface area contributed by atoms with E-state index < -0.39 is 0 Å². The Labute approximate surface area is 153 Å². The molecule has 2 rings (SSSR count). The number of ketones is 2. The van der Waals surface area contributed by atoms with Gasteiger partial charge in [-0.25, -0.2) is 0 Å². The van der Waals surface area contributed by atoms with Gasteiger partial charge in [0.15, 0.2) is 5.78 Å². The summed E-state index contributed by atoms with van der Waals surface area (Å²) in [5.74, 6) is 1.16. The number of rotatable bonds is 7. The third-order valence-electron chi connectivity index (χ3n) is 4.18. The first-order valence-corrected chi connectivity index (χ1v) is 9.36. The fourth-order valence-corrected chi connectivity index (χ4v) is 2.85. The molecule has 136 valence electrons. The molecule has 0 saturated heterocycles. The van der Waals surface area contributed by atoms with Gasteiger partial charge in [-0.1, -0.05) is 68.8 Å². The third-order valence-corrected chi connectivity index (χ3v) is 4.18. The number of carbonyl (C=O) groups is 2. The Hall–Kier alpha value is -1.96. The highest BCUT2D eigenvalue weighted by atomic mass is 16.1. The molecule has 0 bridgehead atoms. The molecule has 0 aromatic heterocycles. The molecular formula is C23H32O2. The number of hydrogen-bond acceptors (Lipinski definition) is 2. The third kappa shape index (κ3) is 8.62. The van der Waals surface area contributed by atoms with E-state index in [9.17, 15) is 9.59 Å². The Bertz CT molecular complexity index is 606. The Morgan fingerprint density at radius 3 is 2.32 bits per heavy atom. The fraction of sp³-hybridized carbons (Fsp3) is 0.478. The SMILES string of the molecule is CC(C)CC(=O)Cc1ccccc1.CCC=CCC1=C(C)CCC1=O. The minimum atomic E-state index is 0.334. The van der Waals surface area contributed by atoms with Crippen molar-refractivity contribution in [2.75, 3.05) is 0 Å². The normalized spacial score (nSPS) is 14.2. The molecule has 1 aromatic carbocycles. The van der Waals surface area contributed by atoms with E-state index in [4.69, 9.17) is 0 Å². The Balaban J connectivity index is 0.000000251. The molecule has 25 heavy (non-hydrogen) atoms. The lowest BCUT2D eigenvalue weighted by Gasteiger charge is -2.03. The maximum Gasteiger partial charge on any atom is 0.159 e. The van der Waals surface area contributed by atoms with Crippen molar-refractivity contribution < 1.29 is 9.59 Å². The molecule has 0 aliphatic heterocycles. The lowest BCUT2D eigenvalue weighted by Crippen LogP contribution is -2.05. The molecule has 2 nitrogen and oxygen atoms in total. The summed E-state index contributed by atoms with van der Waals surface area (Å²) >= 11 is 0. The van der Waals surface area contributed by atoms with E-state index in [1.807, 2.05) is 30.3 Å². The second-order valence-electron chi connectivity index (χ2n) is 7.06. The van der Waals surface area contributed by atoms with Crippen LogP contribution < -0.4 is 0 Å². The van der Waals surface area contributed by atoms with Crippen molar-refractivity contribution in [3.8, 4) is 0 Å². The van der Waals surface area contributed by atoms with Gasteiger partial charge >= 0.3 is 0 Å². The van der Waals surface area contributed by atoms with Crippen LogP contribution in [-0.4, -0.2) is 11.6 Å². The van der Waals surface area contributed by atoms with Gasteiger partial charge in [-0.15, -0.1) is 0 Å². The van der Waals surface area contributed by atoms with Gasteiger partial charge in [-0.3, -0.25) is 9.59 Å². The molecule has 1 aliphatic carbocycles. The zero-order valence-corrected chi connectivity index (χ0v) is 16.2. The van der Waals surface area contributed by atoms with E-state index in [-0.39, 0.29) is 0 Å². The molecule has 1 aliphatic rings. The van der Waals surface area contributed by atoms with E-state index in [1.54, 1.807) is 0 Å². The van der Waals surface area contributed by atoms with E-state index >= 15 is 0 Å². The number of carbonyl (C=O) groups excluding carboxylic acids is 2. The summed E-state index contributed by atoms with van der Waals surface area (Å²) in [6.45, 7) is 8.32. The summed E-state index contributed by atoms with van der Waals surface area (Å²) in [5.41, 5.74) is 3.47. The van der Waals surface area contributed by atoms with Gasteiger partial charge in [-0.2, -0.15) is 0 Å². The van der Waals surface area contributed by atoms with Crippen LogP contribution >= 0.6 is 0 Å². The first kappa shape index (κ1) is 21.1. The van der Waals surface area contributed by atoms with Crippen molar-refractivity contribution in [1.82, 2.24) is 0 Å². The monoisotopic (exact) mass is 340 g/mol. The zero-order valence-electron chi connectivity index (χ0n) is 16.2. The highest BCUT2D eigenvalue weighted by molar-refractivity contribution is 5.98. The largest absolute Gasteiger partial charge is 0.299 e. The highest BCUT2D eigenvalue weighted by Crippen LogP contribution is 2.24. The average Bonchev–Trinajstić information content (AvgIpc) is 2.88. The summed E-state index contributed by atoms with van der Waals surface area (Å²) in [6.07, 6.45) is 9.11. The smallest absolute Gasteiger partial charge is 0.159 e. The summed E-state index contributed by atoms with van der Waals surface area (Å²) < 4.78 is 0. The van der Waals surface area contributed by atoms with E-state index in [1.165, 1.54) is 5.57 Å². The van der Waals surface area contributed by atoms with Gasteiger partial charge in [0.2, 0.25) is 0 Å². The molecule has 0 N–H and O–H groups in total. The Kier molecular flexibility index (Phi) is 9.76. The van der Waals surface area contributed by atoms with Gasteiger partial charge < -0.3 is 0 Å². The molecule has 0 heterocycles. The number of benzene rings is 1. The first-order chi connectivity index (χ1) is 11.9. The van der Waals surface area contributed by atoms with Crippen LogP contribution in [-0.2, 0) is 16.0 Å². The maximum absolute atomic E-state index is 11.4. The summed E-state index contributed by atoms with van der Waals surface area (Å²) in [6, 6.07) is 9.91. The van der Waals surface area contributed by atoms with Crippen LogP contribution in [0.3, 0.4) is 0 Å². The Morgan fingerprint density at radius 1 is 1.12 bits per heavy atom. The first-order valence-electron chi connectivity index (χ1n) is 9.36.